The number of primary sulfonamides is 1. The predicted octanol–water partition coefficient (Wildman–Crippen LogP) is 2.36. The van der Waals surface area contributed by atoms with E-state index in [1.54, 1.807) is 12.1 Å². The summed E-state index contributed by atoms with van der Waals surface area (Å²) >= 11 is 0. The zero-order chi connectivity index (χ0) is 16.0. The molecule has 1 aromatic rings. The van der Waals surface area contributed by atoms with Crippen LogP contribution in [0.2, 0.25) is 0 Å². The van der Waals surface area contributed by atoms with Gasteiger partial charge in [0.25, 0.3) is 0 Å². The maximum absolute atomic E-state index is 11.7. The molecule has 1 aliphatic carbocycles. The number of hydrogen-bond acceptors (Lipinski definition) is 4. The van der Waals surface area contributed by atoms with E-state index in [4.69, 9.17) is 5.14 Å². The standard InChI is InChI=1S/C17H25N3O2S/c18-23(21,22)12-6-7-15-14(10-12)17-13(8-9-19-17)16(20-15)11-4-2-1-3-5-11/h6-7,10-11,13,16-17,19-20H,1-5,8-9H2,(H2,18,21,22)/t13-,16?,17-/m0/s1. The highest BCUT2D eigenvalue weighted by molar-refractivity contribution is 7.89. The largest absolute Gasteiger partial charge is 0.381 e. The van der Waals surface area contributed by atoms with Gasteiger partial charge < -0.3 is 10.6 Å². The second-order valence-corrected chi connectivity index (χ2v) is 8.81. The molecule has 0 bridgehead atoms. The summed E-state index contributed by atoms with van der Waals surface area (Å²) in [5, 5.41) is 12.6. The molecule has 4 N–H and O–H groups in total. The van der Waals surface area contributed by atoms with Gasteiger partial charge >= 0.3 is 0 Å². The molecule has 0 radical (unpaired) electrons. The lowest BCUT2D eigenvalue weighted by Gasteiger charge is -2.42. The topological polar surface area (TPSA) is 84.2 Å². The third-order valence-corrected chi connectivity index (χ3v) is 6.81. The summed E-state index contributed by atoms with van der Waals surface area (Å²) < 4.78 is 23.3. The molecule has 126 valence electrons. The first kappa shape index (κ1) is 15.4. The molecule has 2 heterocycles. The van der Waals surface area contributed by atoms with Crippen LogP contribution < -0.4 is 15.8 Å². The van der Waals surface area contributed by atoms with Crippen molar-refractivity contribution in [2.75, 3.05) is 11.9 Å². The number of nitrogens with one attached hydrogen (secondary N) is 2. The third-order valence-electron chi connectivity index (χ3n) is 5.90. The van der Waals surface area contributed by atoms with Crippen molar-refractivity contribution in [2.24, 2.45) is 17.0 Å². The summed E-state index contributed by atoms with van der Waals surface area (Å²) in [4.78, 5) is 0.210. The van der Waals surface area contributed by atoms with E-state index in [1.165, 1.54) is 32.1 Å². The minimum atomic E-state index is -3.65. The Balaban J connectivity index is 1.70. The summed E-state index contributed by atoms with van der Waals surface area (Å²) in [6, 6.07) is 6.02. The van der Waals surface area contributed by atoms with E-state index in [0.717, 1.165) is 30.1 Å². The first-order valence-corrected chi connectivity index (χ1v) is 10.3. The Bertz CT molecular complexity index is 698. The van der Waals surface area contributed by atoms with Crippen LogP contribution in [0.3, 0.4) is 0 Å². The molecule has 2 fully saturated rings. The highest BCUT2D eigenvalue weighted by atomic mass is 32.2. The number of nitrogens with two attached hydrogens (primary N) is 1. The minimum Gasteiger partial charge on any atom is -0.381 e. The Kier molecular flexibility index (Phi) is 3.86. The smallest absolute Gasteiger partial charge is 0.238 e. The Morgan fingerprint density at radius 1 is 1.09 bits per heavy atom. The minimum absolute atomic E-state index is 0.210. The molecular formula is C17H25N3O2S. The lowest BCUT2D eigenvalue weighted by Crippen LogP contribution is -2.43. The second-order valence-electron chi connectivity index (χ2n) is 7.25. The third kappa shape index (κ3) is 2.77. The Hall–Kier alpha value is -1.11. The maximum atomic E-state index is 11.7. The number of fused-ring (bicyclic) bond motifs is 3. The molecule has 0 aromatic heterocycles. The van der Waals surface area contributed by atoms with Crippen molar-refractivity contribution in [1.29, 1.82) is 0 Å². The van der Waals surface area contributed by atoms with E-state index < -0.39 is 10.0 Å². The van der Waals surface area contributed by atoms with Gasteiger partial charge in [-0.3, -0.25) is 0 Å². The van der Waals surface area contributed by atoms with Crippen molar-refractivity contribution in [3.63, 3.8) is 0 Å². The summed E-state index contributed by atoms with van der Waals surface area (Å²) in [6.07, 6.45) is 7.81. The van der Waals surface area contributed by atoms with Gasteiger partial charge in [0.1, 0.15) is 0 Å². The Labute approximate surface area is 138 Å². The lowest BCUT2D eigenvalue weighted by molar-refractivity contribution is 0.239. The Morgan fingerprint density at radius 3 is 2.61 bits per heavy atom. The zero-order valence-corrected chi connectivity index (χ0v) is 14.1. The van der Waals surface area contributed by atoms with Gasteiger partial charge in [0.2, 0.25) is 10.0 Å². The van der Waals surface area contributed by atoms with Crippen LogP contribution in [-0.4, -0.2) is 21.0 Å². The van der Waals surface area contributed by atoms with E-state index in [9.17, 15) is 8.42 Å². The van der Waals surface area contributed by atoms with E-state index >= 15 is 0 Å². The number of hydrogen-bond donors (Lipinski definition) is 3. The van der Waals surface area contributed by atoms with Gasteiger partial charge in [-0.25, -0.2) is 13.6 Å². The SMILES string of the molecule is NS(=O)(=O)c1ccc2c(c1)[C@H]1NCC[C@H]1C(C1CCCCC1)N2. The maximum Gasteiger partial charge on any atom is 0.238 e. The van der Waals surface area contributed by atoms with Crippen molar-refractivity contribution in [2.45, 2.75) is 55.5 Å². The molecule has 3 atom stereocenters. The highest BCUT2D eigenvalue weighted by Crippen LogP contribution is 2.46. The van der Waals surface area contributed by atoms with Gasteiger partial charge in [0.05, 0.1) is 4.90 Å². The highest BCUT2D eigenvalue weighted by Gasteiger charge is 2.43. The fourth-order valence-electron chi connectivity index (χ4n) is 4.80. The molecule has 1 aromatic carbocycles. The van der Waals surface area contributed by atoms with Gasteiger partial charge in [0.15, 0.2) is 0 Å². The predicted molar refractivity (Wildman–Crippen MR) is 90.7 cm³/mol. The second kappa shape index (κ2) is 5.76. The molecular weight excluding hydrogens is 310 g/mol. The number of sulfonamides is 1. The van der Waals surface area contributed by atoms with Crippen molar-refractivity contribution < 1.29 is 8.42 Å². The summed E-state index contributed by atoms with van der Waals surface area (Å²) in [6.45, 7) is 0.999. The Morgan fingerprint density at radius 2 is 1.87 bits per heavy atom. The van der Waals surface area contributed by atoms with Crippen LogP contribution in [0.1, 0.15) is 50.1 Å². The molecule has 4 rings (SSSR count). The average molecular weight is 335 g/mol. The number of anilines is 1. The van der Waals surface area contributed by atoms with Crippen molar-refractivity contribution in [3.05, 3.63) is 23.8 Å². The van der Waals surface area contributed by atoms with Crippen LogP contribution in [0.15, 0.2) is 23.1 Å². The van der Waals surface area contributed by atoms with Crippen LogP contribution in [0.25, 0.3) is 0 Å². The fraction of sp³-hybridized carbons (Fsp3) is 0.647. The first-order chi connectivity index (χ1) is 11.0. The summed E-state index contributed by atoms with van der Waals surface area (Å²) in [7, 11) is -3.65. The van der Waals surface area contributed by atoms with E-state index in [2.05, 4.69) is 10.6 Å². The van der Waals surface area contributed by atoms with Gasteiger partial charge in [-0.1, -0.05) is 19.3 Å². The van der Waals surface area contributed by atoms with Gasteiger partial charge in [-0.15, -0.1) is 0 Å². The lowest BCUT2D eigenvalue weighted by atomic mass is 9.73. The van der Waals surface area contributed by atoms with Crippen LogP contribution in [0, 0.1) is 11.8 Å². The van der Waals surface area contributed by atoms with E-state index in [0.29, 0.717) is 12.0 Å². The summed E-state index contributed by atoms with van der Waals surface area (Å²) in [5.74, 6) is 1.28. The van der Waals surface area contributed by atoms with Gasteiger partial charge in [-0.05, 0) is 55.5 Å². The van der Waals surface area contributed by atoms with Gasteiger partial charge in [-0.2, -0.15) is 0 Å². The monoisotopic (exact) mass is 335 g/mol. The molecule has 0 spiro atoms. The zero-order valence-electron chi connectivity index (χ0n) is 13.3. The van der Waals surface area contributed by atoms with Crippen LogP contribution in [-0.2, 0) is 10.0 Å². The molecule has 6 heteroatoms. The fourth-order valence-corrected chi connectivity index (χ4v) is 5.35. The van der Waals surface area contributed by atoms with Crippen molar-refractivity contribution in [3.8, 4) is 0 Å². The van der Waals surface area contributed by atoms with E-state index in [-0.39, 0.29) is 10.9 Å². The number of benzene rings is 1. The molecule has 5 nitrogen and oxygen atoms in total. The van der Waals surface area contributed by atoms with E-state index in [1.807, 2.05) is 6.07 Å². The molecule has 1 saturated heterocycles. The molecule has 1 unspecified atom stereocenters. The number of rotatable bonds is 2. The van der Waals surface area contributed by atoms with Crippen LogP contribution in [0.5, 0.6) is 0 Å². The summed E-state index contributed by atoms with van der Waals surface area (Å²) in [5.41, 5.74) is 2.13. The normalized spacial score (nSPS) is 31.3. The van der Waals surface area contributed by atoms with Crippen LogP contribution in [0.4, 0.5) is 5.69 Å². The first-order valence-electron chi connectivity index (χ1n) is 8.71. The van der Waals surface area contributed by atoms with Gasteiger partial charge in [0, 0.05) is 23.7 Å². The quantitative estimate of drug-likeness (QED) is 0.774. The molecule has 23 heavy (non-hydrogen) atoms. The molecule has 2 aliphatic heterocycles. The average Bonchev–Trinajstić information content (AvgIpc) is 3.03. The van der Waals surface area contributed by atoms with Crippen molar-refractivity contribution in [1.82, 2.24) is 5.32 Å². The molecule has 0 amide bonds. The molecule has 3 aliphatic rings. The van der Waals surface area contributed by atoms with Crippen LogP contribution >= 0.6 is 0 Å². The molecule has 1 saturated carbocycles. The van der Waals surface area contributed by atoms with Crippen molar-refractivity contribution >= 4 is 15.7 Å².